The zero-order valence-electron chi connectivity index (χ0n) is 13.7. The van der Waals surface area contributed by atoms with E-state index in [1.54, 1.807) is 0 Å². The number of nitrogens with zero attached hydrogens (tertiary/aromatic N) is 1. The van der Waals surface area contributed by atoms with Gasteiger partial charge in [-0.15, -0.1) is 0 Å². The summed E-state index contributed by atoms with van der Waals surface area (Å²) in [6, 6.07) is 0.485. The molecule has 2 heterocycles. The Bertz CT molecular complexity index is 302. The Balaban J connectivity index is 1.46. The number of hydrogen-bond donors (Lipinski definition) is 2. The van der Waals surface area contributed by atoms with Crippen molar-refractivity contribution in [3.63, 3.8) is 0 Å². The number of likely N-dealkylation sites (tertiary alicyclic amines) is 1. The summed E-state index contributed by atoms with van der Waals surface area (Å²) >= 11 is 0. The molecule has 2 rings (SSSR count). The Kier molecular flexibility index (Phi) is 7.51. The van der Waals surface area contributed by atoms with Gasteiger partial charge in [0.2, 0.25) is 5.91 Å². The van der Waals surface area contributed by atoms with E-state index >= 15 is 0 Å². The van der Waals surface area contributed by atoms with Crippen molar-refractivity contribution in [1.29, 1.82) is 0 Å². The predicted molar refractivity (Wildman–Crippen MR) is 87.3 cm³/mol. The van der Waals surface area contributed by atoms with Crippen LogP contribution in [0.2, 0.25) is 0 Å². The fraction of sp³-hybridized carbons (Fsp3) is 0.941. The molecule has 21 heavy (non-hydrogen) atoms. The summed E-state index contributed by atoms with van der Waals surface area (Å²) in [5.74, 6) is 0.508. The van der Waals surface area contributed by atoms with Gasteiger partial charge in [0.15, 0.2) is 0 Å². The largest absolute Gasteiger partial charge is 0.356 e. The summed E-state index contributed by atoms with van der Waals surface area (Å²) in [5.41, 5.74) is 0. The lowest BCUT2D eigenvalue weighted by molar-refractivity contribution is -0.126. The Morgan fingerprint density at radius 2 is 2.00 bits per heavy atom. The van der Waals surface area contributed by atoms with E-state index in [0.717, 1.165) is 32.4 Å². The van der Waals surface area contributed by atoms with Crippen molar-refractivity contribution < 1.29 is 4.79 Å². The number of carbonyl (C=O) groups excluding carboxylic acids is 1. The normalized spacial score (nSPS) is 27.5. The van der Waals surface area contributed by atoms with E-state index < -0.39 is 0 Å². The van der Waals surface area contributed by atoms with Crippen LogP contribution in [-0.2, 0) is 4.79 Å². The SMILES string of the molecule is C[C@H]1C[C@@H](C(=O)NCCCCCN2CCCCC2)CCN1. The molecule has 0 aromatic heterocycles. The molecular formula is C17H33N3O. The van der Waals surface area contributed by atoms with Gasteiger partial charge in [-0.05, 0) is 71.6 Å². The summed E-state index contributed by atoms with van der Waals surface area (Å²) in [6.07, 6.45) is 9.79. The first-order valence-corrected chi connectivity index (χ1v) is 8.99. The molecule has 0 saturated carbocycles. The van der Waals surface area contributed by atoms with Crippen molar-refractivity contribution in [3.05, 3.63) is 0 Å². The Morgan fingerprint density at radius 3 is 2.76 bits per heavy atom. The van der Waals surface area contributed by atoms with E-state index in [1.807, 2.05) is 0 Å². The minimum absolute atomic E-state index is 0.231. The second kappa shape index (κ2) is 9.42. The van der Waals surface area contributed by atoms with Crippen LogP contribution < -0.4 is 10.6 Å². The average molecular weight is 295 g/mol. The molecule has 2 atom stereocenters. The highest BCUT2D eigenvalue weighted by Crippen LogP contribution is 2.16. The smallest absolute Gasteiger partial charge is 0.223 e. The highest BCUT2D eigenvalue weighted by Gasteiger charge is 2.24. The fourth-order valence-corrected chi connectivity index (χ4v) is 3.55. The maximum atomic E-state index is 12.1. The molecule has 0 aliphatic carbocycles. The lowest BCUT2D eigenvalue weighted by atomic mass is 9.92. The van der Waals surface area contributed by atoms with Gasteiger partial charge in [-0.1, -0.05) is 12.8 Å². The van der Waals surface area contributed by atoms with Crippen molar-refractivity contribution in [2.24, 2.45) is 5.92 Å². The third-order valence-electron chi connectivity index (χ3n) is 4.89. The van der Waals surface area contributed by atoms with Crippen LogP contribution in [0.15, 0.2) is 0 Å². The van der Waals surface area contributed by atoms with E-state index in [4.69, 9.17) is 0 Å². The Morgan fingerprint density at radius 1 is 1.19 bits per heavy atom. The molecule has 2 aliphatic rings. The van der Waals surface area contributed by atoms with Gasteiger partial charge in [0.05, 0.1) is 0 Å². The maximum absolute atomic E-state index is 12.1. The molecule has 0 aromatic carbocycles. The molecule has 0 bridgehead atoms. The van der Waals surface area contributed by atoms with Crippen molar-refractivity contribution >= 4 is 5.91 Å². The van der Waals surface area contributed by atoms with Crippen LogP contribution in [0.4, 0.5) is 0 Å². The van der Waals surface area contributed by atoms with Gasteiger partial charge >= 0.3 is 0 Å². The highest BCUT2D eigenvalue weighted by atomic mass is 16.1. The lowest BCUT2D eigenvalue weighted by Gasteiger charge is -2.27. The summed E-state index contributed by atoms with van der Waals surface area (Å²) in [4.78, 5) is 14.7. The minimum atomic E-state index is 0.231. The number of nitrogens with one attached hydrogen (secondary N) is 2. The Labute approximate surface area is 130 Å². The molecule has 2 fully saturated rings. The molecule has 1 amide bonds. The first-order valence-electron chi connectivity index (χ1n) is 8.99. The zero-order valence-corrected chi connectivity index (χ0v) is 13.7. The van der Waals surface area contributed by atoms with E-state index in [-0.39, 0.29) is 11.8 Å². The molecule has 0 aromatic rings. The van der Waals surface area contributed by atoms with Crippen molar-refractivity contribution in [2.75, 3.05) is 32.7 Å². The van der Waals surface area contributed by atoms with Crippen LogP contribution >= 0.6 is 0 Å². The van der Waals surface area contributed by atoms with Crippen LogP contribution in [0.25, 0.3) is 0 Å². The summed E-state index contributed by atoms with van der Waals surface area (Å²) < 4.78 is 0. The summed E-state index contributed by atoms with van der Waals surface area (Å²) in [5, 5.41) is 6.53. The second-order valence-electron chi connectivity index (χ2n) is 6.83. The number of piperidine rings is 2. The molecule has 122 valence electrons. The van der Waals surface area contributed by atoms with Crippen LogP contribution in [0.1, 0.15) is 58.3 Å². The van der Waals surface area contributed by atoms with Crippen LogP contribution in [0, 0.1) is 5.92 Å². The lowest BCUT2D eigenvalue weighted by Crippen LogP contribution is -2.42. The first-order chi connectivity index (χ1) is 10.3. The quantitative estimate of drug-likeness (QED) is 0.707. The third kappa shape index (κ3) is 6.35. The van der Waals surface area contributed by atoms with Gasteiger partial charge in [-0.2, -0.15) is 0 Å². The zero-order chi connectivity index (χ0) is 14.9. The topological polar surface area (TPSA) is 44.4 Å². The van der Waals surface area contributed by atoms with Gasteiger partial charge < -0.3 is 15.5 Å². The van der Waals surface area contributed by atoms with Gasteiger partial charge in [0.1, 0.15) is 0 Å². The van der Waals surface area contributed by atoms with Crippen LogP contribution in [0.3, 0.4) is 0 Å². The standard InChI is InChI=1S/C17H33N3O/c1-15-14-16(8-10-18-15)17(21)19-9-4-2-5-11-20-12-6-3-7-13-20/h15-16,18H,2-14H2,1H3,(H,19,21)/t15-,16-/m0/s1. The summed E-state index contributed by atoms with van der Waals surface area (Å²) in [6.45, 7) is 7.85. The molecule has 0 spiro atoms. The van der Waals surface area contributed by atoms with E-state index in [0.29, 0.717) is 6.04 Å². The molecule has 2 N–H and O–H groups in total. The van der Waals surface area contributed by atoms with Crippen molar-refractivity contribution in [3.8, 4) is 0 Å². The van der Waals surface area contributed by atoms with Crippen molar-refractivity contribution in [1.82, 2.24) is 15.5 Å². The van der Waals surface area contributed by atoms with Crippen LogP contribution in [-0.4, -0.2) is 49.6 Å². The number of amides is 1. The van der Waals surface area contributed by atoms with Crippen LogP contribution in [0.5, 0.6) is 0 Å². The van der Waals surface area contributed by atoms with Gasteiger partial charge in [-0.3, -0.25) is 4.79 Å². The predicted octanol–water partition coefficient (Wildman–Crippen LogP) is 2.15. The van der Waals surface area contributed by atoms with Crippen molar-refractivity contribution in [2.45, 2.75) is 64.3 Å². The second-order valence-corrected chi connectivity index (χ2v) is 6.83. The van der Waals surface area contributed by atoms with E-state index in [9.17, 15) is 4.79 Å². The number of unbranched alkanes of at least 4 members (excludes halogenated alkanes) is 2. The number of carbonyl (C=O) groups is 1. The molecule has 2 aliphatic heterocycles. The van der Waals surface area contributed by atoms with E-state index in [2.05, 4.69) is 22.5 Å². The molecule has 4 nitrogen and oxygen atoms in total. The average Bonchev–Trinajstić information content (AvgIpc) is 2.51. The van der Waals surface area contributed by atoms with E-state index in [1.165, 1.54) is 51.7 Å². The monoisotopic (exact) mass is 295 g/mol. The van der Waals surface area contributed by atoms with Gasteiger partial charge in [0.25, 0.3) is 0 Å². The number of hydrogen-bond acceptors (Lipinski definition) is 3. The maximum Gasteiger partial charge on any atom is 0.223 e. The Hall–Kier alpha value is -0.610. The molecular weight excluding hydrogens is 262 g/mol. The highest BCUT2D eigenvalue weighted by molar-refractivity contribution is 5.78. The molecule has 0 radical (unpaired) electrons. The summed E-state index contributed by atoms with van der Waals surface area (Å²) in [7, 11) is 0. The molecule has 0 unspecified atom stereocenters. The number of rotatable bonds is 7. The molecule has 2 saturated heterocycles. The first kappa shape index (κ1) is 16.8. The third-order valence-corrected chi connectivity index (χ3v) is 4.89. The van der Waals surface area contributed by atoms with Gasteiger partial charge in [0, 0.05) is 18.5 Å². The fourth-order valence-electron chi connectivity index (χ4n) is 3.55. The van der Waals surface area contributed by atoms with Gasteiger partial charge in [-0.25, -0.2) is 0 Å². The molecule has 4 heteroatoms. The minimum Gasteiger partial charge on any atom is -0.356 e.